The number of unbranched alkanes of at least 4 members (excludes halogenated alkanes) is 1. The van der Waals surface area contributed by atoms with Crippen molar-refractivity contribution in [2.24, 2.45) is 5.92 Å². The fourth-order valence-corrected chi connectivity index (χ4v) is 2.62. The van der Waals surface area contributed by atoms with Crippen LogP contribution in [0.1, 0.15) is 45.4 Å². The second-order valence-electron chi connectivity index (χ2n) is 3.84. The van der Waals surface area contributed by atoms with Gasteiger partial charge in [0.2, 0.25) is 0 Å². The first kappa shape index (κ1) is 11.3. The van der Waals surface area contributed by atoms with Crippen molar-refractivity contribution in [3.63, 3.8) is 0 Å². The van der Waals surface area contributed by atoms with Crippen LogP contribution >= 0.6 is 15.9 Å². The number of aliphatic hydroxyl groups is 1. The third-order valence-electron chi connectivity index (χ3n) is 2.73. The molecule has 0 aromatic carbocycles. The van der Waals surface area contributed by atoms with Crippen molar-refractivity contribution in [1.29, 1.82) is 0 Å². The highest BCUT2D eigenvalue weighted by Gasteiger charge is 2.22. The molecule has 1 aliphatic carbocycles. The van der Waals surface area contributed by atoms with E-state index in [0.717, 1.165) is 25.7 Å². The average molecular weight is 247 g/mol. The van der Waals surface area contributed by atoms with Crippen LogP contribution in [0.5, 0.6) is 0 Å². The summed E-state index contributed by atoms with van der Waals surface area (Å²) in [5.74, 6) is 0.375. The van der Waals surface area contributed by atoms with Gasteiger partial charge in [-0.1, -0.05) is 41.8 Å². The van der Waals surface area contributed by atoms with E-state index in [9.17, 15) is 5.11 Å². The molecule has 0 aliphatic heterocycles. The normalized spacial score (nSPS) is 25.5. The summed E-state index contributed by atoms with van der Waals surface area (Å²) in [4.78, 5) is 0. The Morgan fingerprint density at radius 3 is 3.08 bits per heavy atom. The monoisotopic (exact) mass is 246 g/mol. The molecule has 2 atom stereocenters. The molecule has 0 saturated heterocycles. The third kappa shape index (κ3) is 3.43. The fourth-order valence-electron chi connectivity index (χ4n) is 1.86. The van der Waals surface area contributed by atoms with E-state index in [4.69, 9.17) is 0 Å². The molecule has 76 valence electrons. The lowest BCUT2D eigenvalue weighted by molar-refractivity contribution is 0.109. The molecule has 0 radical (unpaired) electrons. The van der Waals surface area contributed by atoms with Crippen molar-refractivity contribution in [2.75, 3.05) is 0 Å². The van der Waals surface area contributed by atoms with E-state index in [1.165, 1.54) is 17.3 Å². The summed E-state index contributed by atoms with van der Waals surface area (Å²) in [5.41, 5.74) is 0. The summed E-state index contributed by atoms with van der Waals surface area (Å²) in [6.45, 7) is 2.17. The Morgan fingerprint density at radius 2 is 2.46 bits per heavy atom. The Bertz CT molecular complexity index is 177. The van der Waals surface area contributed by atoms with Gasteiger partial charge in [0, 0.05) is 5.92 Å². The quantitative estimate of drug-likeness (QED) is 0.804. The molecule has 1 rings (SSSR count). The highest BCUT2D eigenvalue weighted by Crippen LogP contribution is 2.33. The first-order valence-corrected chi connectivity index (χ1v) is 6.08. The fraction of sp³-hybridized carbons (Fsp3) is 0.818. The third-order valence-corrected chi connectivity index (χ3v) is 3.64. The molecule has 0 spiro atoms. The number of hydrogen-bond acceptors (Lipinski definition) is 1. The van der Waals surface area contributed by atoms with Gasteiger partial charge in [-0.25, -0.2) is 0 Å². The maximum Gasteiger partial charge on any atom is 0.0613 e. The zero-order valence-electron chi connectivity index (χ0n) is 8.30. The van der Waals surface area contributed by atoms with Gasteiger partial charge in [-0.3, -0.25) is 0 Å². The lowest BCUT2D eigenvalue weighted by atomic mass is 9.88. The smallest absolute Gasteiger partial charge is 0.0613 e. The van der Waals surface area contributed by atoms with E-state index in [1.54, 1.807) is 0 Å². The molecule has 13 heavy (non-hydrogen) atoms. The van der Waals surface area contributed by atoms with Crippen LogP contribution in [-0.2, 0) is 0 Å². The Labute approximate surface area is 89.4 Å². The van der Waals surface area contributed by atoms with Gasteiger partial charge in [0.05, 0.1) is 6.10 Å². The molecule has 2 heteroatoms. The molecule has 0 unspecified atom stereocenters. The van der Waals surface area contributed by atoms with E-state index in [2.05, 4.69) is 28.9 Å². The molecule has 0 aromatic rings. The summed E-state index contributed by atoms with van der Waals surface area (Å²) in [5, 5.41) is 9.90. The topological polar surface area (TPSA) is 20.2 Å². The highest BCUT2D eigenvalue weighted by atomic mass is 79.9. The first-order chi connectivity index (χ1) is 6.25. The molecule has 0 heterocycles. The Morgan fingerprint density at radius 1 is 1.69 bits per heavy atom. The maximum atomic E-state index is 9.90. The number of allylic oxidation sites excluding steroid dienone is 1. The summed E-state index contributed by atoms with van der Waals surface area (Å²) >= 11 is 3.55. The van der Waals surface area contributed by atoms with Gasteiger partial charge in [-0.15, -0.1) is 0 Å². The van der Waals surface area contributed by atoms with E-state index in [-0.39, 0.29) is 6.10 Å². The zero-order chi connectivity index (χ0) is 9.68. The summed E-state index contributed by atoms with van der Waals surface area (Å²) in [7, 11) is 0. The van der Waals surface area contributed by atoms with E-state index in [0.29, 0.717) is 5.92 Å². The van der Waals surface area contributed by atoms with Gasteiger partial charge in [-0.2, -0.15) is 0 Å². The van der Waals surface area contributed by atoms with Gasteiger partial charge in [-0.05, 0) is 30.2 Å². The molecule has 0 aromatic heterocycles. The standard InChI is InChI=1S/C11H19BrO/c1-2-3-8-11(13)9-6-4-5-7-10(9)12/h7,9,11,13H,2-6,8H2,1H3/t9-,11+/m0/s1. The second kappa shape index (κ2) is 5.82. The number of rotatable bonds is 4. The predicted octanol–water partition coefficient (Wildman–Crippen LogP) is 3.62. The second-order valence-corrected chi connectivity index (χ2v) is 4.75. The molecule has 0 bridgehead atoms. The Balaban J connectivity index is 2.40. The van der Waals surface area contributed by atoms with Crippen molar-refractivity contribution >= 4 is 15.9 Å². The highest BCUT2D eigenvalue weighted by molar-refractivity contribution is 9.11. The molecule has 0 amide bonds. The Kier molecular flexibility index (Phi) is 5.04. The van der Waals surface area contributed by atoms with E-state index >= 15 is 0 Å². The van der Waals surface area contributed by atoms with Crippen LogP contribution in [0, 0.1) is 5.92 Å². The SMILES string of the molecule is CCCC[C@@H](O)[C@H]1CCCC=C1Br. The molecular weight excluding hydrogens is 228 g/mol. The number of hydrogen-bond donors (Lipinski definition) is 1. The van der Waals surface area contributed by atoms with Crippen molar-refractivity contribution in [3.05, 3.63) is 10.6 Å². The van der Waals surface area contributed by atoms with Gasteiger partial charge in [0.15, 0.2) is 0 Å². The molecular formula is C11H19BrO. The van der Waals surface area contributed by atoms with Crippen LogP contribution in [0.15, 0.2) is 10.6 Å². The molecule has 1 N–H and O–H groups in total. The largest absolute Gasteiger partial charge is 0.392 e. The average Bonchev–Trinajstić information content (AvgIpc) is 2.15. The lowest BCUT2D eigenvalue weighted by Crippen LogP contribution is -2.22. The van der Waals surface area contributed by atoms with Crippen LogP contribution in [0.25, 0.3) is 0 Å². The molecule has 0 fully saturated rings. The molecule has 1 aliphatic rings. The van der Waals surface area contributed by atoms with Crippen LogP contribution in [-0.4, -0.2) is 11.2 Å². The van der Waals surface area contributed by atoms with Crippen LogP contribution < -0.4 is 0 Å². The van der Waals surface area contributed by atoms with E-state index in [1.807, 2.05) is 0 Å². The van der Waals surface area contributed by atoms with Gasteiger partial charge in [0.25, 0.3) is 0 Å². The van der Waals surface area contributed by atoms with Crippen molar-refractivity contribution in [2.45, 2.75) is 51.6 Å². The zero-order valence-corrected chi connectivity index (χ0v) is 9.89. The summed E-state index contributed by atoms with van der Waals surface area (Å²) in [6, 6.07) is 0. The van der Waals surface area contributed by atoms with Crippen molar-refractivity contribution in [1.82, 2.24) is 0 Å². The minimum Gasteiger partial charge on any atom is -0.392 e. The maximum absolute atomic E-state index is 9.90. The van der Waals surface area contributed by atoms with Gasteiger partial charge < -0.3 is 5.11 Å². The predicted molar refractivity (Wildman–Crippen MR) is 59.9 cm³/mol. The van der Waals surface area contributed by atoms with Crippen molar-refractivity contribution in [3.8, 4) is 0 Å². The summed E-state index contributed by atoms with van der Waals surface area (Å²) in [6.07, 6.45) is 8.87. The summed E-state index contributed by atoms with van der Waals surface area (Å²) < 4.78 is 1.22. The minimum atomic E-state index is -0.133. The first-order valence-electron chi connectivity index (χ1n) is 5.29. The van der Waals surface area contributed by atoms with Crippen LogP contribution in [0.4, 0.5) is 0 Å². The molecule has 0 saturated carbocycles. The minimum absolute atomic E-state index is 0.133. The number of halogens is 1. The van der Waals surface area contributed by atoms with Crippen molar-refractivity contribution < 1.29 is 5.11 Å². The van der Waals surface area contributed by atoms with Gasteiger partial charge >= 0.3 is 0 Å². The van der Waals surface area contributed by atoms with Gasteiger partial charge in [0.1, 0.15) is 0 Å². The van der Waals surface area contributed by atoms with Crippen LogP contribution in [0.2, 0.25) is 0 Å². The number of aliphatic hydroxyl groups excluding tert-OH is 1. The molecule has 1 nitrogen and oxygen atoms in total. The Hall–Kier alpha value is 0.180. The van der Waals surface area contributed by atoms with Crippen LogP contribution in [0.3, 0.4) is 0 Å². The lowest BCUT2D eigenvalue weighted by Gasteiger charge is -2.25. The van der Waals surface area contributed by atoms with E-state index < -0.39 is 0 Å².